The molecule has 0 saturated carbocycles. The topological polar surface area (TPSA) is 62.1 Å². The van der Waals surface area contributed by atoms with Crippen molar-refractivity contribution in [1.82, 2.24) is 0 Å². The molecule has 0 fully saturated rings. The van der Waals surface area contributed by atoms with Crippen LogP contribution >= 0.6 is 22.7 Å². The van der Waals surface area contributed by atoms with Gasteiger partial charge in [0.15, 0.2) is 0 Å². The fraction of sp³-hybridized carbons (Fsp3) is 0.238. The Hall–Kier alpha value is -2.46. The number of hydrogen-bond acceptors (Lipinski definition) is 5. The molecule has 1 unspecified atom stereocenters. The normalized spacial score (nSPS) is 19.1. The van der Waals surface area contributed by atoms with Crippen molar-refractivity contribution in [2.24, 2.45) is 0 Å². The van der Waals surface area contributed by atoms with Crippen LogP contribution in [0.5, 0.6) is 0 Å². The van der Waals surface area contributed by atoms with E-state index in [4.69, 9.17) is 4.74 Å². The van der Waals surface area contributed by atoms with E-state index in [0.29, 0.717) is 11.3 Å². The Kier molecular flexibility index (Phi) is 4.60. The van der Waals surface area contributed by atoms with Gasteiger partial charge in [0.2, 0.25) is 5.91 Å². The zero-order valence-electron chi connectivity index (χ0n) is 15.0. The van der Waals surface area contributed by atoms with Gasteiger partial charge < -0.3 is 10.1 Å². The number of amides is 1. The molecule has 0 radical (unpaired) electrons. The van der Waals surface area contributed by atoms with Gasteiger partial charge in [-0.2, -0.15) is 5.26 Å². The van der Waals surface area contributed by atoms with E-state index in [0.717, 1.165) is 32.1 Å². The number of nitrogens with zero attached hydrogens (tertiary/aromatic N) is 1. The van der Waals surface area contributed by atoms with Crippen molar-refractivity contribution in [3.05, 3.63) is 62.7 Å². The predicted molar refractivity (Wildman–Crippen MR) is 109 cm³/mol. The van der Waals surface area contributed by atoms with E-state index in [1.54, 1.807) is 11.3 Å². The van der Waals surface area contributed by atoms with Gasteiger partial charge in [-0.15, -0.1) is 22.7 Å². The zero-order chi connectivity index (χ0) is 19.0. The molecule has 136 valence electrons. The summed E-state index contributed by atoms with van der Waals surface area (Å²) in [6, 6.07) is 14.2. The second-order valence-electron chi connectivity index (χ2n) is 6.49. The molecule has 1 aliphatic rings. The summed E-state index contributed by atoms with van der Waals surface area (Å²) in [6.07, 6.45) is 0.714. The van der Waals surface area contributed by atoms with Crippen molar-refractivity contribution in [3.63, 3.8) is 0 Å². The molecule has 3 heterocycles. The van der Waals surface area contributed by atoms with Gasteiger partial charge in [-0.05, 0) is 54.1 Å². The number of ether oxygens (including phenoxy) is 1. The van der Waals surface area contributed by atoms with Crippen molar-refractivity contribution in [2.45, 2.75) is 25.9 Å². The second kappa shape index (κ2) is 6.93. The number of carbonyl (C=O) groups excluding carboxylic acids is 1. The highest BCUT2D eigenvalue weighted by Gasteiger charge is 2.40. The minimum atomic E-state index is -0.665. The largest absolute Gasteiger partial charge is 0.355 e. The van der Waals surface area contributed by atoms with Crippen LogP contribution in [0.2, 0.25) is 0 Å². The number of carbonyl (C=O) groups is 1. The third kappa shape index (κ3) is 2.98. The van der Waals surface area contributed by atoms with Crippen LogP contribution in [0.3, 0.4) is 0 Å². The minimum Gasteiger partial charge on any atom is -0.355 e. The predicted octanol–water partition coefficient (Wildman–Crippen LogP) is 5.28. The first-order chi connectivity index (χ1) is 13.1. The lowest BCUT2D eigenvalue weighted by atomic mass is 9.86. The number of fused-ring (bicyclic) bond motifs is 1. The van der Waals surface area contributed by atoms with Gasteiger partial charge in [-0.3, -0.25) is 4.79 Å². The number of nitrogens with one attached hydrogen (secondary N) is 1. The highest BCUT2D eigenvalue weighted by molar-refractivity contribution is 7.16. The molecule has 0 spiro atoms. The maximum atomic E-state index is 12.2. The number of anilines is 1. The molecule has 4 rings (SSSR count). The Morgan fingerprint density at radius 1 is 1.33 bits per heavy atom. The second-order valence-corrected chi connectivity index (χ2v) is 8.49. The first-order valence-corrected chi connectivity index (χ1v) is 10.4. The number of hydrogen-bond donors (Lipinski definition) is 1. The van der Waals surface area contributed by atoms with Crippen LogP contribution in [0, 0.1) is 18.3 Å². The van der Waals surface area contributed by atoms with E-state index in [1.807, 2.05) is 36.6 Å². The molecule has 27 heavy (non-hydrogen) atoms. The molecule has 0 saturated heterocycles. The summed E-state index contributed by atoms with van der Waals surface area (Å²) in [5, 5.41) is 14.2. The highest BCUT2D eigenvalue weighted by atomic mass is 32.1. The molecule has 0 aliphatic carbocycles. The van der Waals surface area contributed by atoms with E-state index in [9.17, 15) is 10.1 Å². The summed E-state index contributed by atoms with van der Waals surface area (Å²) >= 11 is 3.12. The summed E-state index contributed by atoms with van der Waals surface area (Å²) in [6.45, 7) is 4.12. The fourth-order valence-electron chi connectivity index (χ4n) is 3.58. The summed E-state index contributed by atoms with van der Waals surface area (Å²) < 4.78 is 6.22. The van der Waals surface area contributed by atoms with E-state index in [2.05, 4.69) is 30.4 Å². The van der Waals surface area contributed by atoms with Crippen LogP contribution < -0.4 is 5.32 Å². The lowest BCUT2D eigenvalue weighted by Crippen LogP contribution is -2.30. The molecule has 1 N–H and O–H groups in total. The minimum absolute atomic E-state index is 0.0202. The Bertz CT molecular complexity index is 1050. The van der Waals surface area contributed by atoms with Gasteiger partial charge >= 0.3 is 0 Å². The van der Waals surface area contributed by atoms with Gasteiger partial charge in [0.05, 0.1) is 0 Å². The van der Waals surface area contributed by atoms with E-state index < -0.39 is 5.60 Å². The van der Waals surface area contributed by atoms with E-state index in [-0.39, 0.29) is 12.5 Å². The van der Waals surface area contributed by atoms with Crippen molar-refractivity contribution >= 4 is 34.3 Å². The zero-order valence-corrected chi connectivity index (χ0v) is 16.7. The van der Waals surface area contributed by atoms with Gasteiger partial charge in [-0.1, -0.05) is 19.1 Å². The smallest absolute Gasteiger partial charge is 0.250 e. The number of thiophene rings is 2. The maximum Gasteiger partial charge on any atom is 0.250 e. The molecule has 0 bridgehead atoms. The molecular formula is C21H18N2O2S2. The van der Waals surface area contributed by atoms with Crippen molar-refractivity contribution in [2.75, 3.05) is 11.9 Å². The molecule has 1 aliphatic heterocycles. The molecule has 1 amide bonds. The lowest BCUT2D eigenvalue weighted by Gasteiger charge is -2.32. The van der Waals surface area contributed by atoms with Crippen LogP contribution in [-0.4, -0.2) is 12.5 Å². The van der Waals surface area contributed by atoms with Crippen molar-refractivity contribution in [3.8, 4) is 16.5 Å². The Morgan fingerprint density at radius 3 is 2.85 bits per heavy atom. The Labute approximate surface area is 166 Å². The van der Waals surface area contributed by atoms with Crippen LogP contribution in [-0.2, 0) is 15.1 Å². The van der Waals surface area contributed by atoms with Gasteiger partial charge in [-0.25, -0.2) is 0 Å². The average Bonchev–Trinajstić information content (AvgIpc) is 3.31. The quantitative estimate of drug-likeness (QED) is 0.657. The number of benzene rings is 1. The molecule has 4 nitrogen and oxygen atoms in total. The van der Waals surface area contributed by atoms with Gasteiger partial charge in [0.25, 0.3) is 0 Å². The third-order valence-corrected chi connectivity index (χ3v) is 7.09. The fourth-order valence-corrected chi connectivity index (χ4v) is 5.51. The Morgan fingerprint density at radius 2 is 2.19 bits per heavy atom. The summed E-state index contributed by atoms with van der Waals surface area (Å²) in [5.74, 6) is -0.144. The summed E-state index contributed by atoms with van der Waals surface area (Å²) in [4.78, 5) is 15.1. The van der Waals surface area contributed by atoms with Gasteiger partial charge in [0, 0.05) is 21.0 Å². The average molecular weight is 395 g/mol. The Balaban J connectivity index is 1.94. The first-order valence-electron chi connectivity index (χ1n) is 8.70. The van der Waals surface area contributed by atoms with Crippen LogP contribution in [0.25, 0.3) is 10.4 Å². The van der Waals surface area contributed by atoms with Crippen LogP contribution in [0.15, 0.2) is 41.8 Å². The number of aryl methyl sites for hydroxylation is 1. The third-order valence-electron chi connectivity index (χ3n) is 4.89. The molecule has 6 heteroatoms. The SMILES string of the molecule is CCC1(c2cccs2)OCC(=O)Nc2ccc(-c3sc(C#N)cc3C)cc21. The monoisotopic (exact) mass is 394 g/mol. The molecule has 2 aromatic heterocycles. The highest BCUT2D eigenvalue weighted by Crippen LogP contribution is 2.46. The lowest BCUT2D eigenvalue weighted by molar-refractivity contribution is -0.125. The molecule has 3 aromatic rings. The first kappa shape index (κ1) is 17.9. The maximum absolute atomic E-state index is 12.2. The van der Waals surface area contributed by atoms with Crippen LogP contribution in [0.1, 0.15) is 34.2 Å². The number of nitriles is 1. The van der Waals surface area contributed by atoms with Crippen molar-refractivity contribution < 1.29 is 9.53 Å². The molecule has 1 atom stereocenters. The molecule has 1 aromatic carbocycles. The summed E-state index contributed by atoms with van der Waals surface area (Å²) in [7, 11) is 0. The van der Waals surface area contributed by atoms with E-state index in [1.165, 1.54) is 11.3 Å². The molecular weight excluding hydrogens is 376 g/mol. The standard InChI is InChI=1S/C21H18N2O2S2/c1-3-21(18-5-4-8-26-18)16-10-14(20-13(2)9-15(11-22)27-20)6-7-17(16)23-19(24)12-25-21/h4-10H,3,12H2,1-2H3,(H,23,24). The van der Waals surface area contributed by atoms with Crippen LogP contribution in [0.4, 0.5) is 5.69 Å². The number of rotatable bonds is 3. The summed E-state index contributed by atoms with van der Waals surface area (Å²) in [5.41, 5.74) is 3.19. The van der Waals surface area contributed by atoms with Gasteiger partial charge in [0.1, 0.15) is 23.2 Å². The van der Waals surface area contributed by atoms with E-state index >= 15 is 0 Å². The van der Waals surface area contributed by atoms with Crippen molar-refractivity contribution in [1.29, 1.82) is 5.26 Å².